The van der Waals surface area contributed by atoms with E-state index in [1.165, 1.54) is 0 Å². The van der Waals surface area contributed by atoms with E-state index in [1.807, 2.05) is 35.2 Å². The lowest BCUT2D eigenvalue weighted by molar-refractivity contribution is -0.137. The number of carbonyl (C=O) groups is 2. The zero-order chi connectivity index (χ0) is 24.2. The summed E-state index contributed by atoms with van der Waals surface area (Å²) < 4.78 is 40.8. The Balaban J connectivity index is 1.27. The molecule has 5 nitrogen and oxygen atoms in total. The van der Waals surface area contributed by atoms with Crippen LogP contribution >= 0.6 is 0 Å². The average Bonchev–Trinajstić information content (AvgIpc) is 3.09. The molecule has 2 bridgehead atoms. The molecule has 2 aliphatic rings. The van der Waals surface area contributed by atoms with Crippen molar-refractivity contribution in [3.63, 3.8) is 0 Å². The Kier molecular flexibility index (Phi) is 7.56. The number of halogens is 3. The van der Waals surface area contributed by atoms with Crippen LogP contribution in [0.2, 0.25) is 0 Å². The van der Waals surface area contributed by atoms with Gasteiger partial charge in [-0.15, -0.1) is 0 Å². The number of aryl methyl sites for hydroxylation is 1. The summed E-state index contributed by atoms with van der Waals surface area (Å²) in [5.74, 6) is -3.31. The van der Waals surface area contributed by atoms with Gasteiger partial charge >= 0.3 is 0 Å². The molecule has 2 aromatic rings. The monoisotopic (exact) mass is 473 g/mol. The third-order valence-electron chi connectivity index (χ3n) is 7.13. The number of nitrogens with two attached hydrogens (primary N) is 1. The summed E-state index contributed by atoms with van der Waals surface area (Å²) in [6.45, 7) is -0.0303. The van der Waals surface area contributed by atoms with E-state index in [1.54, 1.807) is 0 Å². The van der Waals surface area contributed by atoms with Crippen LogP contribution in [0.15, 0.2) is 42.5 Å². The molecule has 0 radical (unpaired) electrons. The maximum absolute atomic E-state index is 14.0. The van der Waals surface area contributed by atoms with Crippen molar-refractivity contribution in [1.29, 1.82) is 0 Å². The summed E-state index contributed by atoms with van der Waals surface area (Å²) >= 11 is 0. The number of nitrogens with one attached hydrogen (secondary N) is 1. The van der Waals surface area contributed by atoms with Gasteiger partial charge in [0.2, 0.25) is 11.8 Å². The number of nitrogens with zero attached hydrogens (tertiary/aromatic N) is 1. The standard InChI is InChI=1S/C26H30F3N3O2/c27-21-14-23(29)22(28)12-17(21)13-24(30)18-10-19-7-8-20(11-18)32(19)26(34)15-31-25(33)9-6-16-4-2-1-3-5-16/h1-5,12,14,18-20,24H,6-11,13,15,30H2,(H,31,33). The highest BCUT2D eigenvalue weighted by molar-refractivity contribution is 5.85. The van der Waals surface area contributed by atoms with Crippen molar-refractivity contribution >= 4 is 11.8 Å². The lowest BCUT2D eigenvalue weighted by atomic mass is 9.82. The molecule has 182 valence electrons. The zero-order valence-corrected chi connectivity index (χ0v) is 19.0. The number of piperidine rings is 1. The molecule has 4 rings (SSSR count). The quantitative estimate of drug-likeness (QED) is 0.577. The first-order valence-corrected chi connectivity index (χ1v) is 11.8. The third kappa shape index (κ3) is 5.60. The molecule has 0 saturated carbocycles. The molecule has 2 aliphatic heterocycles. The molecular weight excluding hydrogens is 443 g/mol. The SMILES string of the molecule is NC(Cc1cc(F)c(F)cc1F)C1CC2CCC(C1)N2C(=O)CNC(=O)CCc1ccccc1. The highest BCUT2D eigenvalue weighted by atomic mass is 19.2. The maximum atomic E-state index is 14.0. The molecular formula is C26H30F3N3O2. The summed E-state index contributed by atoms with van der Waals surface area (Å²) in [7, 11) is 0. The fraction of sp³-hybridized carbons (Fsp3) is 0.462. The molecule has 8 heteroatoms. The van der Waals surface area contributed by atoms with Crippen LogP contribution in [0.4, 0.5) is 13.2 Å². The number of benzene rings is 2. The zero-order valence-electron chi connectivity index (χ0n) is 19.0. The lowest BCUT2D eigenvalue weighted by Gasteiger charge is -2.41. The maximum Gasteiger partial charge on any atom is 0.242 e. The van der Waals surface area contributed by atoms with E-state index in [-0.39, 0.29) is 48.3 Å². The Bertz CT molecular complexity index is 1020. The number of carbonyl (C=O) groups excluding carboxylic acids is 2. The van der Waals surface area contributed by atoms with E-state index in [0.29, 0.717) is 31.7 Å². The first-order chi connectivity index (χ1) is 16.3. The molecule has 2 heterocycles. The first kappa shape index (κ1) is 24.3. The first-order valence-electron chi connectivity index (χ1n) is 11.8. The van der Waals surface area contributed by atoms with Crippen molar-refractivity contribution in [2.24, 2.45) is 11.7 Å². The van der Waals surface area contributed by atoms with E-state index < -0.39 is 23.5 Å². The topological polar surface area (TPSA) is 75.4 Å². The van der Waals surface area contributed by atoms with Gasteiger partial charge < -0.3 is 16.0 Å². The van der Waals surface area contributed by atoms with Gasteiger partial charge in [-0.25, -0.2) is 13.2 Å². The predicted octanol–water partition coefficient (Wildman–Crippen LogP) is 3.49. The molecule has 3 N–H and O–H groups in total. The van der Waals surface area contributed by atoms with Crippen LogP contribution < -0.4 is 11.1 Å². The summed E-state index contributed by atoms with van der Waals surface area (Å²) in [5.41, 5.74) is 7.49. The molecule has 3 unspecified atom stereocenters. The highest BCUT2D eigenvalue weighted by Gasteiger charge is 2.44. The fourth-order valence-corrected chi connectivity index (χ4v) is 5.37. The van der Waals surface area contributed by atoms with E-state index in [2.05, 4.69) is 5.32 Å². The minimum absolute atomic E-state index is 0.0262. The predicted molar refractivity (Wildman–Crippen MR) is 122 cm³/mol. The number of rotatable bonds is 8. The van der Waals surface area contributed by atoms with Crippen molar-refractivity contribution < 1.29 is 22.8 Å². The van der Waals surface area contributed by atoms with Gasteiger partial charge in [0, 0.05) is 30.6 Å². The molecule has 34 heavy (non-hydrogen) atoms. The van der Waals surface area contributed by atoms with Gasteiger partial charge in [0.15, 0.2) is 11.6 Å². The Morgan fingerprint density at radius 2 is 1.65 bits per heavy atom. The van der Waals surface area contributed by atoms with Gasteiger partial charge in [-0.05, 0) is 61.6 Å². The summed E-state index contributed by atoms with van der Waals surface area (Å²) in [6.07, 6.45) is 4.13. The number of hydrogen-bond donors (Lipinski definition) is 2. The Hall–Kier alpha value is -2.87. The Morgan fingerprint density at radius 1 is 1.00 bits per heavy atom. The van der Waals surface area contributed by atoms with Crippen molar-refractivity contribution in [1.82, 2.24) is 10.2 Å². The van der Waals surface area contributed by atoms with Crippen molar-refractivity contribution in [3.05, 3.63) is 71.0 Å². The van der Waals surface area contributed by atoms with Crippen LogP contribution in [0.5, 0.6) is 0 Å². The summed E-state index contributed by atoms with van der Waals surface area (Å²) in [5, 5.41) is 2.74. The van der Waals surface area contributed by atoms with Gasteiger partial charge in [-0.3, -0.25) is 9.59 Å². The minimum atomic E-state index is -1.22. The molecule has 3 atom stereocenters. The second-order valence-electron chi connectivity index (χ2n) is 9.41. The molecule has 0 aromatic heterocycles. The average molecular weight is 474 g/mol. The molecule has 2 amide bonds. The van der Waals surface area contributed by atoms with Gasteiger partial charge in [0.1, 0.15) is 5.82 Å². The third-order valence-corrected chi connectivity index (χ3v) is 7.13. The van der Waals surface area contributed by atoms with Crippen LogP contribution in [-0.4, -0.2) is 41.4 Å². The second kappa shape index (κ2) is 10.6. The van der Waals surface area contributed by atoms with Crippen molar-refractivity contribution in [2.45, 2.75) is 63.1 Å². The van der Waals surface area contributed by atoms with Gasteiger partial charge in [-0.2, -0.15) is 0 Å². The minimum Gasteiger partial charge on any atom is -0.347 e. The summed E-state index contributed by atoms with van der Waals surface area (Å²) in [4.78, 5) is 26.9. The molecule has 0 aliphatic carbocycles. The molecule has 2 aromatic carbocycles. The van der Waals surface area contributed by atoms with Gasteiger partial charge in [-0.1, -0.05) is 30.3 Å². The largest absolute Gasteiger partial charge is 0.347 e. The van der Waals surface area contributed by atoms with Crippen LogP contribution in [-0.2, 0) is 22.4 Å². The lowest BCUT2D eigenvalue weighted by Crippen LogP contribution is -2.52. The van der Waals surface area contributed by atoms with Crippen molar-refractivity contribution in [3.8, 4) is 0 Å². The number of hydrogen-bond acceptors (Lipinski definition) is 3. The highest BCUT2D eigenvalue weighted by Crippen LogP contribution is 2.40. The molecule has 0 spiro atoms. The Morgan fingerprint density at radius 3 is 2.32 bits per heavy atom. The smallest absolute Gasteiger partial charge is 0.242 e. The van der Waals surface area contributed by atoms with E-state index in [0.717, 1.165) is 24.5 Å². The second-order valence-corrected chi connectivity index (χ2v) is 9.41. The van der Waals surface area contributed by atoms with E-state index in [4.69, 9.17) is 5.73 Å². The van der Waals surface area contributed by atoms with Crippen LogP contribution in [0, 0.1) is 23.4 Å². The van der Waals surface area contributed by atoms with E-state index >= 15 is 0 Å². The fourth-order valence-electron chi connectivity index (χ4n) is 5.37. The number of fused-ring (bicyclic) bond motifs is 2. The normalized spacial score (nSPS) is 22.5. The van der Waals surface area contributed by atoms with Gasteiger partial charge in [0.25, 0.3) is 0 Å². The van der Waals surface area contributed by atoms with Crippen molar-refractivity contribution in [2.75, 3.05) is 6.54 Å². The Labute approximate surface area is 197 Å². The molecule has 2 saturated heterocycles. The van der Waals surface area contributed by atoms with Crippen LogP contribution in [0.25, 0.3) is 0 Å². The van der Waals surface area contributed by atoms with Gasteiger partial charge in [0.05, 0.1) is 6.54 Å². The van der Waals surface area contributed by atoms with Crippen LogP contribution in [0.3, 0.4) is 0 Å². The van der Waals surface area contributed by atoms with Crippen LogP contribution in [0.1, 0.15) is 43.2 Å². The molecule has 2 fully saturated rings. The summed E-state index contributed by atoms with van der Waals surface area (Å²) in [6, 6.07) is 10.8. The number of amides is 2. The van der Waals surface area contributed by atoms with E-state index in [9.17, 15) is 22.8 Å².